The van der Waals surface area contributed by atoms with Gasteiger partial charge in [-0.25, -0.2) is 18.2 Å². The molecule has 6 rings (SSSR count). The molecule has 3 aliphatic rings. The van der Waals surface area contributed by atoms with Crippen LogP contribution in [0.1, 0.15) is 67.2 Å². The number of nitrogens with one attached hydrogen (secondary N) is 3. The maximum absolute atomic E-state index is 14.7. The van der Waals surface area contributed by atoms with Gasteiger partial charge in [-0.05, 0) is 99.4 Å². The summed E-state index contributed by atoms with van der Waals surface area (Å²) in [6.45, 7) is 13.7. The lowest BCUT2D eigenvalue weighted by atomic mass is 9.85. The van der Waals surface area contributed by atoms with Crippen molar-refractivity contribution in [3.05, 3.63) is 61.2 Å². The fourth-order valence-corrected chi connectivity index (χ4v) is 8.55. The number of alkyl carbamates (subject to hydrolysis) is 1. The summed E-state index contributed by atoms with van der Waals surface area (Å²) in [7, 11) is -2.50. The van der Waals surface area contributed by atoms with Crippen molar-refractivity contribution in [3.8, 4) is 28.6 Å². The van der Waals surface area contributed by atoms with Crippen molar-refractivity contribution in [1.82, 2.24) is 25.2 Å². The molecule has 1 saturated heterocycles. The highest BCUT2D eigenvalue weighted by Gasteiger charge is 2.62. The molecular weight excluding hydrogens is 824 g/mol. The van der Waals surface area contributed by atoms with E-state index in [1.165, 1.54) is 30.2 Å². The van der Waals surface area contributed by atoms with E-state index in [1.807, 2.05) is 0 Å². The highest BCUT2D eigenvalue weighted by atomic mass is 32.2. The average molecular weight is 874 g/mol. The number of fused-ring (bicyclic) bond motifs is 1. The summed E-state index contributed by atoms with van der Waals surface area (Å²) in [6, 6.07) is 9.35. The van der Waals surface area contributed by atoms with E-state index in [1.54, 1.807) is 65.8 Å². The summed E-state index contributed by atoms with van der Waals surface area (Å²) >= 11 is 0. The summed E-state index contributed by atoms with van der Waals surface area (Å²) < 4.78 is 87.8. The van der Waals surface area contributed by atoms with E-state index in [-0.39, 0.29) is 25.3 Å². The standard InChI is InChI=1S/C42H50F3N5O10S/c1-9-25-21-41(25,37(53)49-61(55,56)29-15-16-29)48-34(51)32-20-28(22-50(32)36(52)33(39(2,3)4)47-38(54)60-40(5,6)7)58-35-30-17-14-27(57-8)18-24(30)19-31(46-35)23-10-12-26(13-11-23)59-42(43,44)45/h9-14,17-19,25,28-29,32-33H,1,15-16,20-22H2,2-8H3,(H,47,54)(H,48,51)(H,49,53)/t25-,28-,32+,33-,41-/m1/s1. The highest BCUT2D eigenvalue weighted by Crippen LogP contribution is 2.46. The van der Waals surface area contributed by atoms with Crippen LogP contribution in [-0.4, -0.2) is 96.7 Å². The molecule has 0 radical (unpaired) electrons. The molecule has 1 aromatic heterocycles. The van der Waals surface area contributed by atoms with Crippen molar-refractivity contribution in [2.75, 3.05) is 13.7 Å². The predicted octanol–water partition coefficient (Wildman–Crippen LogP) is 5.77. The Morgan fingerprint density at radius 1 is 0.984 bits per heavy atom. The van der Waals surface area contributed by atoms with Gasteiger partial charge in [0.2, 0.25) is 27.7 Å². The fraction of sp³-hybridized carbons (Fsp3) is 0.500. The van der Waals surface area contributed by atoms with E-state index >= 15 is 0 Å². The Kier molecular flexibility index (Phi) is 12.1. The first kappa shape index (κ1) is 44.9. The summed E-state index contributed by atoms with van der Waals surface area (Å²) in [5, 5.41) is 5.80. The van der Waals surface area contributed by atoms with E-state index in [4.69, 9.17) is 19.2 Å². The quantitative estimate of drug-likeness (QED) is 0.177. The molecule has 3 N–H and O–H groups in total. The van der Waals surface area contributed by atoms with Crippen molar-refractivity contribution < 1.29 is 59.7 Å². The minimum absolute atomic E-state index is 0.0646. The molecule has 1 aliphatic heterocycles. The van der Waals surface area contributed by atoms with Crippen LogP contribution in [0.25, 0.3) is 22.0 Å². The van der Waals surface area contributed by atoms with Gasteiger partial charge in [-0.15, -0.1) is 19.8 Å². The van der Waals surface area contributed by atoms with Crippen molar-refractivity contribution in [2.45, 2.75) is 108 Å². The van der Waals surface area contributed by atoms with Crippen molar-refractivity contribution in [2.24, 2.45) is 11.3 Å². The molecule has 61 heavy (non-hydrogen) atoms. The topological polar surface area (TPSA) is 192 Å². The molecule has 0 bridgehead atoms. The van der Waals surface area contributed by atoms with Crippen LogP contribution in [0, 0.1) is 11.3 Å². The first-order chi connectivity index (χ1) is 28.3. The van der Waals surface area contributed by atoms with E-state index < -0.39 is 91.9 Å². The van der Waals surface area contributed by atoms with Gasteiger partial charge in [-0.2, -0.15) is 0 Å². The lowest BCUT2D eigenvalue weighted by molar-refractivity contribution is -0.274. The molecule has 3 aromatic rings. The molecule has 2 aliphatic carbocycles. The molecular formula is C42H50F3N5O10S. The van der Waals surface area contributed by atoms with Crippen molar-refractivity contribution >= 4 is 44.6 Å². The zero-order valence-electron chi connectivity index (χ0n) is 34.8. The second-order valence-electron chi connectivity index (χ2n) is 17.6. The maximum Gasteiger partial charge on any atom is 0.573 e. The number of ether oxygens (including phenoxy) is 4. The lowest BCUT2D eigenvalue weighted by Crippen LogP contribution is -2.60. The third-order valence-electron chi connectivity index (χ3n) is 10.5. The molecule has 3 fully saturated rings. The summed E-state index contributed by atoms with van der Waals surface area (Å²) in [6.07, 6.45) is -4.49. The minimum atomic E-state index is -4.89. The normalized spacial score (nSPS) is 22.1. The van der Waals surface area contributed by atoms with Crippen LogP contribution < -0.4 is 29.6 Å². The predicted molar refractivity (Wildman–Crippen MR) is 217 cm³/mol. The number of rotatable bonds is 13. The molecule has 19 heteroatoms. The first-order valence-electron chi connectivity index (χ1n) is 19.6. The molecule has 2 aromatic carbocycles. The third kappa shape index (κ3) is 10.5. The van der Waals surface area contributed by atoms with Gasteiger partial charge in [0.1, 0.15) is 40.8 Å². The molecule has 2 heterocycles. The highest BCUT2D eigenvalue weighted by molar-refractivity contribution is 7.91. The number of nitrogens with zero attached hydrogens (tertiary/aromatic N) is 2. The summed E-state index contributed by atoms with van der Waals surface area (Å²) in [5.41, 5.74) is -2.74. The molecule has 15 nitrogen and oxygen atoms in total. The number of methoxy groups -OCH3 is 1. The Hall–Kier alpha value is -5.59. The van der Waals surface area contributed by atoms with Crippen LogP contribution in [0.4, 0.5) is 18.0 Å². The van der Waals surface area contributed by atoms with E-state index in [0.717, 1.165) is 12.1 Å². The summed E-state index contributed by atoms with van der Waals surface area (Å²) in [5.74, 6) is -2.83. The van der Waals surface area contributed by atoms with Crippen LogP contribution in [0.5, 0.6) is 17.4 Å². The van der Waals surface area contributed by atoms with Crippen LogP contribution in [0.3, 0.4) is 0 Å². The third-order valence-corrected chi connectivity index (χ3v) is 12.4. The Balaban J connectivity index is 1.35. The van der Waals surface area contributed by atoms with Gasteiger partial charge >= 0.3 is 12.5 Å². The molecule has 330 valence electrons. The number of carbonyl (C=O) groups is 4. The average Bonchev–Trinajstić information content (AvgIpc) is 4.08. The number of sulfonamides is 1. The van der Waals surface area contributed by atoms with Gasteiger partial charge in [0.05, 0.1) is 24.6 Å². The minimum Gasteiger partial charge on any atom is -0.497 e. The van der Waals surface area contributed by atoms with Gasteiger partial charge in [-0.3, -0.25) is 19.1 Å². The molecule has 4 amide bonds. The van der Waals surface area contributed by atoms with Crippen molar-refractivity contribution in [1.29, 1.82) is 0 Å². The Labute approximate surface area is 351 Å². The molecule has 0 spiro atoms. The van der Waals surface area contributed by atoms with Crippen LogP contribution >= 0.6 is 0 Å². The monoisotopic (exact) mass is 873 g/mol. The first-order valence-corrected chi connectivity index (χ1v) is 21.2. The number of alkyl halides is 3. The maximum atomic E-state index is 14.7. The smallest absolute Gasteiger partial charge is 0.497 e. The number of hydrogen-bond donors (Lipinski definition) is 3. The van der Waals surface area contributed by atoms with Crippen molar-refractivity contribution in [3.63, 3.8) is 0 Å². The zero-order chi connectivity index (χ0) is 44.9. The lowest BCUT2D eigenvalue weighted by Gasteiger charge is -2.36. The van der Waals surface area contributed by atoms with Crippen LogP contribution in [-0.2, 0) is 29.1 Å². The SMILES string of the molecule is C=C[C@@H]1C[C@]1(NC(=O)[C@@H]1C[C@@H](Oc2nc(-c3ccc(OC(F)(F)F)cc3)cc3cc(OC)ccc23)CN1C(=O)[C@@H](NC(=O)OC(C)(C)C)C(C)(C)C)C(=O)NS(=O)(=O)C1CC1. The fourth-order valence-electron chi connectivity index (χ4n) is 7.19. The van der Waals surface area contributed by atoms with E-state index in [0.29, 0.717) is 40.6 Å². The van der Waals surface area contributed by atoms with Gasteiger partial charge in [0.15, 0.2) is 0 Å². The van der Waals surface area contributed by atoms with Gasteiger partial charge < -0.3 is 34.5 Å². The number of hydrogen-bond acceptors (Lipinski definition) is 11. The number of carbonyl (C=O) groups excluding carboxylic acids is 4. The number of pyridine rings is 1. The molecule has 5 atom stereocenters. The summed E-state index contributed by atoms with van der Waals surface area (Å²) in [4.78, 5) is 61.8. The Morgan fingerprint density at radius 2 is 1.64 bits per heavy atom. The largest absolute Gasteiger partial charge is 0.573 e. The molecule has 0 unspecified atom stereocenters. The number of benzene rings is 2. The second kappa shape index (κ2) is 16.4. The van der Waals surface area contributed by atoms with Gasteiger partial charge in [0.25, 0.3) is 5.91 Å². The Bertz CT molecular complexity index is 2320. The van der Waals surface area contributed by atoms with Crippen LogP contribution in [0.15, 0.2) is 61.2 Å². The number of halogens is 3. The van der Waals surface area contributed by atoms with Gasteiger partial charge in [0, 0.05) is 23.3 Å². The van der Waals surface area contributed by atoms with Gasteiger partial charge in [-0.1, -0.05) is 26.8 Å². The van der Waals surface area contributed by atoms with E-state index in [9.17, 15) is 40.8 Å². The molecule has 2 saturated carbocycles. The number of amides is 4. The number of likely N-dealkylation sites (tertiary alicyclic amines) is 1. The zero-order valence-corrected chi connectivity index (χ0v) is 35.7. The second-order valence-corrected chi connectivity index (χ2v) is 19.5. The Morgan fingerprint density at radius 3 is 2.20 bits per heavy atom. The van der Waals surface area contributed by atoms with E-state index in [2.05, 4.69) is 26.7 Å². The number of aromatic nitrogens is 1. The van der Waals surface area contributed by atoms with Crippen LogP contribution in [0.2, 0.25) is 0 Å².